The maximum Gasteiger partial charge on any atom is 0.216 e. The van der Waals surface area contributed by atoms with Gasteiger partial charge in [-0.15, -0.1) is 11.3 Å². The number of nitrogens with zero attached hydrogens (tertiary/aromatic N) is 1. The van der Waals surface area contributed by atoms with Crippen LogP contribution in [0.2, 0.25) is 0 Å². The van der Waals surface area contributed by atoms with E-state index in [4.69, 9.17) is 4.74 Å². The molecule has 0 aliphatic heterocycles. The van der Waals surface area contributed by atoms with E-state index in [9.17, 15) is 9.18 Å². The number of ether oxygens (including phenoxy) is 1. The first kappa shape index (κ1) is 15.6. The van der Waals surface area contributed by atoms with Crippen LogP contribution >= 0.6 is 11.3 Å². The van der Waals surface area contributed by atoms with E-state index >= 15 is 0 Å². The number of hydrogen-bond acceptors (Lipinski definition) is 4. The van der Waals surface area contributed by atoms with Gasteiger partial charge in [0.05, 0.1) is 12.3 Å². The number of thiazole rings is 1. The highest BCUT2D eigenvalue weighted by atomic mass is 32.1. The largest absolute Gasteiger partial charge is 0.378 e. The Bertz CT molecular complexity index is 628. The fraction of sp³-hybridized carbons (Fsp3) is 0.333. The van der Waals surface area contributed by atoms with E-state index in [0.29, 0.717) is 25.1 Å². The van der Waals surface area contributed by atoms with Gasteiger partial charge >= 0.3 is 0 Å². The van der Waals surface area contributed by atoms with Gasteiger partial charge in [0, 0.05) is 31.5 Å². The Hall–Kier alpha value is -1.79. The lowest BCUT2D eigenvalue weighted by Crippen LogP contribution is -2.22. The number of rotatable bonds is 6. The SMILES string of the molecule is COCc1nc(-c2ccc(F)c(CCNC(C)=O)c2)cs1. The lowest BCUT2D eigenvalue weighted by molar-refractivity contribution is -0.118. The molecule has 1 amide bonds. The quantitative estimate of drug-likeness (QED) is 0.893. The molecule has 0 radical (unpaired) electrons. The van der Waals surface area contributed by atoms with Crippen molar-refractivity contribution in [3.05, 3.63) is 40.0 Å². The van der Waals surface area contributed by atoms with Crippen molar-refractivity contribution in [2.45, 2.75) is 20.0 Å². The van der Waals surface area contributed by atoms with Gasteiger partial charge in [0.2, 0.25) is 5.91 Å². The van der Waals surface area contributed by atoms with E-state index in [1.165, 1.54) is 24.3 Å². The second-order valence-corrected chi connectivity index (χ2v) is 5.54. The molecule has 112 valence electrons. The second kappa shape index (κ2) is 7.28. The van der Waals surface area contributed by atoms with Crippen LogP contribution in [0.25, 0.3) is 11.3 Å². The van der Waals surface area contributed by atoms with Gasteiger partial charge in [-0.1, -0.05) is 0 Å². The molecule has 0 spiro atoms. The number of benzene rings is 1. The highest BCUT2D eigenvalue weighted by molar-refractivity contribution is 7.09. The van der Waals surface area contributed by atoms with Gasteiger partial charge in [-0.25, -0.2) is 9.37 Å². The van der Waals surface area contributed by atoms with Gasteiger partial charge in [-0.3, -0.25) is 4.79 Å². The minimum atomic E-state index is -0.267. The minimum Gasteiger partial charge on any atom is -0.378 e. The average molecular weight is 308 g/mol. The van der Waals surface area contributed by atoms with Crippen LogP contribution in [-0.4, -0.2) is 24.5 Å². The van der Waals surface area contributed by atoms with Crippen LogP contribution in [0.15, 0.2) is 23.6 Å². The highest BCUT2D eigenvalue weighted by Gasteiger charge is 2.08. The summed E-state index contributed by atoms with van der Waals surface area (Å²) in [5.41, 5.74) is 2.25. The summed E-state index contributed by atoms with van der Waals surface area (Å²) >= 11 is 1.51. The van der Waals surface area contributed by atoms with Crippen molar-refractivity contribution in [3.63, 3.8) is 0 Å². The molecule has 0 aliphatic rings. The van der Waals surface area contributed by atoms with E-state index in [-0.39, 0.29) is 11.7 Å². The van der Waals surface area contributed by atoms with Crippen molar-refractivity contribution in [1.82, 2.24) is 10.3 Å². The molecule has 1 aromatic carbocycles. The number of halogens is 1. The van der Waals surface area contributed by atoms with Gasteiger partial charge in [0.1, 0.15) is 10.8 Å². The molecule has 0 aliphatic carbocycles. The van der Waals surface area contributed by atoms with Crippen molar-refractivity contribution in [2.24, 2.45) is 0 Å². The number of hydrogen-bond donors (Lipinski definition) is 1. The summed E-state index contributed by atoms with van der Waals surface area (Å²) in [4.78, 5) is 15.3. The van der Waals surface area contributed by atoms with Crippen LogP contribution in [0.1, 0.15) is 17.5 Å². The molecule has 0 atom stereocenters. The van der Waals surface area contributed by atoms with Crippen LogP contribution in [-0.2, 0) is 22.6 Å². The Morgan fingerprint density at radius 2 is 2.29 bits per heavy atom. The molecule has 0 unspecified atom stereocenters. The maximum absolute atomic E-state index is 13.8. The number of nitrogens with one attached hydrogen (secondary N) is 1. The van der Waals surface area contributed by atoms with Crippen LogP contribution < -0.4 is 5.32 Å². The normalized spacial score (nSPS) is 10.6. The van der Waals surface area contributed by atoms with Crippen molar-refractivity contribution in [2.75, 3.05) is 13.7 Å². The van der Waals surface area contributed by atoms with E-state index < -0.39 is 0 Å². The second-order valence-electron chi connectivity index (χ2n) is 4.60. The third-order valence-corrected chi connectivity index (χ3v) is 3.75. The number of carbonyl (C=O) groups is 1. The van der Waals surface area contributed by atoms with Gasteiger partial charge in [0.15, 0.2) is 0 Å². The first-order valence-electron chi connectivity index (χ1n) is 6.56. The summed E-state index contributed by atoms with van der Waals surface area (Å²) in [6, 6.07) is 4.93. The fourth-order valence-corrected chi connectivity index (χ4v) is 2.71. The van der Waals surface area contributed by atoms with Crippen molar-refractivity contribution >= 4 is 17.2 Å². The molecular weight excluding hydrogens is 291 g/mol. The third kappa shape index (κ3) is 4.34. The van der Waals surface area contributed by atoms with E-state index in [1.807, 2.05) is 5.38 Å². The molecule has 6 heteroatoms. The van der Waals surface area contributed by atoms with E-state index in [1.54, 1.807) is 19.2 Å². The molecule has 0 fully saturated rings. The zero-order valence-corrected chi connectivity index (χ0v) is 12.8. The molecular formula is C15H17FN2O2S. The maximum atomic E-state index is 13.8. The molecule has 2 aromatic rings. The molecule has 2 rings (SSSR count). The molecule has 0 bridgehead atoms. The molecule has 0 saturated carbocycles. The number of methoxy groups -OCH3 is 1. The van der Waals surface area contributed by atoms with Crippen molar-refractivity contribution < 1.29 is 13.9 Å². The molecule has 1 N–H and O–H groups in total. The van der Waals surface area contributed by atoms with Crippen LogP contribution in [0, 0.1) is 5.82 Å². The van der Waals surface area contributed by atoms with Crippen molar-refractivity contribution in [1.29, 1.82) is 0 Å². The number of carbonyl (C=O) groups excluding carboxylic acids is 1. The summed E-state index contributed by atoms with van der Waals surface area (Å²) in [7, 11) is 1.62. The van der Waals surface area contributed by atoms with E-state index in [0.717, 1.165) is 16.3 Å². The first-order chi connectivity index (χ1) is 10.1. The van der Waals surface area contributed by atoms with Crippen LogP contribution in [0.5, 0.6) is 0 Å². The first-order valence-corrected chi connectivity index (χ1v) is 7.44. The monoisotopic (exact) mass is 308 g/mol. The Labute approximate surface area is 127 Å². The number of aromatic nitrogens is 1. The third-order valence-electron chi connectivity index (χ3n) is 2.93. The molecule has 1 aromatic heterocycles. The zero-order chi connectivity index (χ0) is 15.2. The Kier molecular flexibility index (Phi) is 5.41. The molecule has 1 heterocycles. The fourth-order valence-electron chi connectivity index (χ4n) is 1.93. The van der Waals surface area contributed by atoms with E-state index in [2.05, 4.69) is 10.3 Å². The van der Waals surface area contributed by atoms with Gasteiger partial charge in [-0.2, -0.15) is 0 Å². The van der Waals surface area contributed by atoms with Crippen LogP contribution in [0.3, 0.4) is 0 Å². The summed E-state index contributed by atoms with van der Waals surface area (Å²) in [5.74, 6) is -0.383. The predicted octanol–water partition coefficient (Wildman–Crippen LogP) is 2.77. The Morgan fingerprint density at radius 1 is 1.48 bits per heavy atom. The number of amides is 1. The topological polar surface area (TPSA) is 51.2 Å². The van der Waals surface area contributed by atoms with Gasteiger partial charge in [0.25, 0.3) is 0 Å². The Morgan fingerprint density at radius 3 is 3.00 bits per heavy atom. The van der Waals surface area contributed by atoms with Crippen LogP contribution in [0.4, 0.5) is 4.39 Å². The molecule has 0 saturated heterocycles. The zero-order valence-electron chi connectivity index (χ0n) is 12.0. The van der Waals surface area contributed by atoms with Crippen molar-refractivity contribution in [3.8, 4) is 11.3 Å². The standard InChI is InChI=1S/C15H17FN2O2S/c1-10(19)17-6-5-11-7-12(3-4-13(11)16)14-9-21-15(18-14)8-20-2/h3-4,7,9H,5-6,8H2,1-2H3,(H,17,19). The summed E-state index contributed by atoms with van der Waals surface area (Å²) < 4.78 is 18.8. The Balaban J connectivity index is 2.14. The minimum absolute atomic E-state index is 0.115. The summed E-state index contributed by atoms with van der Waals surface area (Å²) in [6.07, 6.45) is 0.453. The highest BCUT2D eigenvalue weighted by Crippen LogP contribution is 2.24. The van der Waals surface area contributed by atoms with Gasteiger partial charge < -0.3 is 10.1 Å². The lowest BCUT2D eigenvalue weighted by atomic mass is 10.1. The summed E-state index contributed by atoms with van der Waals surface area (Å²) in [5, 5.41) is 5.48. The molecule has 21 heavy (non-hydrogen) atoms. The molecule has 4 nitrogen and oxygen atoms in total. The summed E-state index contributed by atoms with van der Waals surface area (Å²) in [6.45, 7) is 2.34. The predicted molar refractivity (Wildman–Crippen MR) is 80.6 cm³/mol. The average Bonchev–Trinajstić information content (AvgIpc) is 2.89. The smallest absolute Gasteiger partial charge is 0.216 e. The van der Waals surface area contributed by atoms with Gasteiger partial charge in [-0.05, 0) is 30.2 Å². The lowest BCUT2D eigenvalue weighted by Gasteiger charge is -2.06.